The predicted octanol–water partition coefficient (Wildman–Crippen LogP) is 5.00. The molecular formula is C32H29ClN2O6S. The predicted molar refractivity (Wildman–Crippen MR) is 163 cm³/mol. The number of rotatable bonds is 9. The average molecular weight is 605 g/mol. The number of aromatic nitrogens is 1. The Morgan fingerprint density at radius 1 is 1.02 bits per heavy atom. The summed E-state index contributed by atoms with van der Waals surface area (Å²) in [6.45, 7) is 4.20. The van der Waals surface area contributed by atoms with Crippen molar-refractivity contribution in [3.05, 3.63) is 114 Å². The molecule has 216 valence electrons. The molecule has 0 fully saturated rings. The quantitative estimate of drug-likeness (QED) is 0.250. The van der Waals surface area contributed by atoms with Crippen molar-refractivity contribution < 1.29 is 23.7 Å². The standard InChI is InChI=1S/C32H29ClN2O6S/c1-5-40-29-23(33)16-19(17-24(29)39-4)18-25-30(36)35-28(21-12-14-22(38-3)15-13-21)26(31(37)41-6-2)27(34-32(35)42-25)20-10-8-7-9-11-20/h7-18,28H,5-6H2,1-4H3/b25-18-/t28-/m1/s1. The molecule has 0 N–H and O–H groups in total. The second-order valence-electron chi connectivity index (χ2n) is 9.17. The average Bonchev–Trinajstić information content (AvgIpc) is 3.32. The summed E-state index contributed by atoms with van der Waals surface area (Å²) >= 11 is 7.73. The molecule has 0 spiro atoms. The van der Waals surface area contributed by atoms with Gasteiger partial charge in [-0.05, 0) is 55.3 Å². The number of ether oxygens (including phenoxy) is 4. The number of nitrogens with zero attached hydrogens (tertiary/aromatic N) is 2. The first kappa shape index (κ1) is 29.2. The van der Waals surface area contributed by atoms with E-state index in [-0.39, 0.29) is 17.7 Å². The summed E-state index contributed by atoms with van der Waals surface area (Å²) in [5.41, 5.74) is 2.52. The van der Waals surface area contributed by atoms with Crippen molar-refractivity contribution in [2.24, 2.45) is 4.99 Å². The van der Waals surface area contributed by atoms with Gasteiger partial charge in [-0.25, -0.2) is 9.79 Å². The molecule has 5 rings (SSSR count). The third-order valence-corrected chi connectivity index (χ3v) is 7.91. The molecule has 1 aromatic heterocycles. The van der Waals surface area contributed by atoms with Gasteiger partial charge < -0.3 is 18.9 Å². The zero-order chi connectivity index (χ0) is 29.8. The van der Waals surface area contributed by atoms with Crippen molar-refractivity contribution in [1.82, 2.24) is 4.57 Å². The number of benzene rings is 3. The number of carbonyl (C=O) groups is 1. The van der Waals surface area contributed by atoms with Crippen LogP contribution in [0.5, 0.6) is 17.2 Å². The Balaban J connectivity index is 1.78. The minimum absolute atomic E-state index is 0.171. The molecule has 42 heavy (non-hydrogen) atoms. The fraction of sp³-hybridized carbons (Fsp3) is 0.219. The number of halogens is 1. The minimum atomic E-state index is -0.790. The second-order valence-corrected chi connectivity index (χ2v) is 10.6. The number of hydrogen-bond donors (Lipinski definition) is 0. The number of methoxy groups -OCH3 is 2. The van der Waals surface area contributed by atoms with Crippen LogP contribution in [0.4, 0.5) is 0 Å². The van der Waals surface area contributed by atoms with Gasteiger partial charge in [-0.1, -0.05) is 65.4 Å². The van der Waals surface area contributed by atoms with Gasteiger partial charge in [0, 0.05) is 5.56 Å². The van der Waals surface area contributed by atoms with E-state index in [9.17, 15) is 9.59 Å². The number of thiazole rings is 1. The Hall–Kier alpha value is -4.34. The van der Waals surface area contributed by atoms with Crippen LogP contribution >= 0.6 is 22.9 Å². The summed E-state index contributed by atoms with van der Waals surface area (Å²) in [6.07, 6.45) is 1.73. The van der Waals surface area contributed by atoms with Crippen LogP contribution in [0.2, 0.25) is 5.02 Å². The highest BCUT2D eigenvalue weighted by Crippen LogP contribution is 2.37. The molecule has 10 heteroatoms. The third-order valence-electron chi connectivity index (χ3n) is 6.64. The molecule has 1 aliphatic rings. The van der Waals surface area contributed by atoms with E-state index in [0.717, 1.165) is 5.56 Å². The van der Waals surface area contributed by atoms with E-state index in [4.69, 9.17) is 35.5 Å². The van der Waals surface area contributed by atoms with Gasteiger partial charge in [0.1, 0.15) is 5.75 Å². The molecule has 0 bridgehead atoms. The van der Waals surface area contributed by atoms with Crippen LogP contribution in [-0.4, -0.2) is 38.0 Å². The van der Waals surface area contributed by atoms with Crippen LogP contribution < -0.4 is 29.1 Å². The molecule has 0 radical (unpaired) electrons. The fourth-order valence-electron chi connectivity index (χ4n) is 4.80. The molecule has 1 atom stereocenters. The van der Waals surface area contributed by atoms with E-state index in [2.05, 4.69) is 0 Å². The SMILES string of the molecule is CCOC(=O)C1=C(c2ccccc2)N=c2s/c(=C\c3cc(Cl)c(OCC)c(OC)c3)c(=O)n2[C@@H]1c1ccc(OC)cc1. The summed E-state index contributed by atoms with van der Waals surface area (Å²) in [6, 6.07) is 19.4. The Kier molecular flexibility index (Phi) is 8.80. The van der Waals surface area contributed by atoms with Crippen LogP contribution in [-0.2, 0) is 9.53 Å². The first-order chi connectivity index (χ1) is 20.4. The summed E-state index contributed by atoms with van der Waals surface area (Å²) < 4.78 is 23.9. The lowest BCUT2D eigenvalue weighted by atomic mass is 9.93. The summed E-state index contributed by atoms with van der Waals surface area (Å²) in [7, 11) is 3.11. The van der Waals surface area contributed by atoms with Crippen molar-refractivity contribution in [2.45, 2.75) is 19.9 Å². The minimum Gasteiger partial charge on any atom is -0.497 e. The third kappa shape index (κ3) is 5.57. The lowest BCUT2D eigenvalue weighted by Gasteiger charge is -2.26. The largest absolute Gasteiger partial charge is 0.497 e. The van der Waals surface area contributed by atoms with Gasteiger partial charge in [-0.15, -0.1) is 0 Å². The van der Waals surface area contributed by atoms with Crippen molar-refractivity contribution in [3.8, 4) is 17.2 Å². The Morgan fingerprint density at radius 2 is 1.76 bits per heavy atom. The highest BCUT2D eigenvalue weighted by molar-refractivity contribution is 7.07. The molecular weight excluding hydrogens is 576 g/mol. The van der Waals surface area contributed by atoms with Crippen LogP contribution in [0.25, 0.3) is 11.8 Å². The maximum Gasteiger partial charge on any atom is 0.338 e. The topological polar surface area (TPSA) is 88.4 Å². The van der Waals surface area contributed by atoms with Crippen molar-refractivity contribution in [3.63, 3.8) is 0 Å². The van der Waals surface area contributed by atoms with Gasteiger partial charge in [-0.2, -0.15) is 0 Å². The van der Waals surface area contributed by atoms with Crippen molar-refractivity contribution >= 4 is 40.7 Å². The van der Waals surface area contributed by atoms with Crippen LogP contribution in [0.3, 0.4) is 0 Å². The van der Waals surface area contributed by atoms with Gasteiger partial charge in [0.05, 0.1) is 54.3 Å². The van der Waals surface area contributed by atoms with Crippen LogP contribution in [0, 0.1) is 0 Å². The molecule has 0 saturated heterocycles. The van der Waals surface area contributed by atoms with E-state index in [1.165, 1.54) is 18.4 Å². The second kappa shape index (κ2) is 12.7. The lowest BCUT2D eigenvalue weighted by molar-refractivity contribution is -0.138. The van der Waals surface area contributed by atoms with Crippen molar-refractivity contribution in [1.29, 1.82) is 0 Å². The summed E-state index contributed by atoms with van der Waals surface area (Å²) in [5, 5.41) is 0.363. The van der Waals surface area contributed by atoms with Crippen LogP contribution in [0.15, 0.2) is 82.1 Å². The zero-order valence-corrected chi connectivity index (χ0v) is 25.1. The molecule has 3 aromatic carbocycles. The molecule has 2 heterocycles. The Bertz CT molecular complexity index is 1830. The lowest BCUT2D eigenvalue weighted by Crippen LogP contribution is -2.40. The Morgan fingerprint density at radius 3 is 2.40 bits per heavy atom. The van der Waals surface area contributed by atoms with Gasteiger partial charge in [0.25, 0.3) is 5.56 Å². The summed E-state index contributed by atoms with van der Waals surface area (Å²) in [4.78, 5) is 33.0. The molecule has 0 amide bonds. The maximum atomic E-state index is 14.1. The van der Waals surface area contributed by atoms with E-state index in [1.807, 2.05) is 49.4 Å². The molecule has 0 aliphatic carbocycles. The van der Waals surface area contributed by atoms with E-state index >= 15 is 0 Å². The normalized spacial score (nSPS) is 14.7. The monoisotopic (exact) mass is 604 g/mol. The molecule has 1 aliphatic heterocycles. The van der Waals surface area contributed by atoms with E-state index in [1.54, 1.807) is 48.9 Å². The maximum absolute atomic E-state index is 14.1. The molecule has 0 unspecified atom stereocenters. The molecule has 8 nitrogen and oxygen atoms in total. The molecule has 4 aromatic rings. The van der Waals surface area contributed by atoms with E-state index < -0.39 is 12.0 Å². The van der Waals surface area contributed by atoms with Crippen molar-refractivity contribution in [2.75, 3.05) is 27.4 Å². The van der Waals surface area contributed by atoms with Gasteiger partial charge in [-0.3, -0.25) is 9.36 Å². The van der Waals surface area contributed by atoms with Gasteiger partial charge in [0.2, 0.25) is 0 Å². The number of esters is 1. The van der Waals surface area contributed by atoms with Gasteiger partial charge >= 0.3 is 5.97 Å². The van der Waals surface area contributed by atoms with Crippen LogP contribution in [0.1, 0.15) is 36.6 Å². The fourth-order valence-corrected chi connectivity index (χ4v) is 6.08. The first-order valence-corrected chi connectivity index (χ1v) is 14.5. The molecule has 0 saturated carbocycles. The highest BCUT2D eigenvalue weighted by atomic mass is 35.5. The number of hydrogen-bond acceptors (Lipinski definition) is 8. The number of fused-ring (bicyclic) bond motifs is 1. The zero-order valence-electron chi connectivity index (χ0n) is 23.5. The summed E-state index contributed by atoms with van der Waals surface area (Å²) in [5.74, 6) is 0.998. The smallest absolute Gasteiger partial charge is 0.338 e. The first-order valence-electron chi connectivity index (χ1n) is 13.3. The number of carbonyl (C=O) groups excluding carboxylic acids is 1. The van der Waals surface area contributed by atoms with Gasteiger partial charge in [0.15, 0.2) is 16.3 Å². The highest BCUT2D eigenvalue weighted by Gasteiger charge is 2.35. The Labute approximate surface area is 251 Å². The van der Waals surface area contributed by atoms with E-state index in [0.29, 0.717) is 55.0 Å².